The summed E-state index contributed by atoms with van der Waals surface area (Å²) in [5, 5.41) is 6.75. The Morgan fingerprint density at radius 1 is 1.11 bits per heavy atom. The van der Waals surface area contributed by atoms with E-state index in [0.717, 1.165) is 36.7 Å². The van der Waals surface area contributed by atoms with Crippen molar-refractivity contribution in [3.63, 3.8) is 0 Å². The zero-order chi connectivity index (χ0) is 13.4. The highest BCUT2D eigenvalue weighted by Crippen LogP contribution is 2.30. The number of methoxy groups -OCH3 is 2. The highest BCUT2D eigenvalue weighted by molar-refractivity contribution is 5.46. The minimum absolute atomic E-state index is 0.526. The Bertz CT molecular complexity index is 354. The quantitative estimate of drug-likeness (QED) is 0.692. The molecule has 0 bridgehead atoms. The molecular weight excluding hydrogens is 228 g/mol. The van der Waals surface area contributed by atoms with Crippen LogP contribution in [0.2, 0.25) is 0 Å². The van der Waals surface area contributed by atoms with Crippen LogP contribution in [-0.2, 0) is 6.54 Å². The lowest BCUT2D eigenvalue weighted by molar-refractivity contribution is 0.350. The molecule has 0 aromatic heterocycles. The maximum atomic E-state index is 5.38. The van der Waals surface area contributed by atoms with Crippen molar-refractivity contribution in [2.45, 2.75) is 26.4 Å². The highest BCUT2D eigenvalue weighted by Gasteiger charge is 2.08. The van der Waals surface area contributed by atoms with Crippen molar-refractivity contribution in [1.82, 2.24) is 10.6 Å². The van der Waals surface area contributed by atoms with Gasteiger partial charge in [0.25, 0.3) is 0 Å². The summed E-state index contributed by atoms with van der Waals surface area (Å²) in [5.41, 5.74) is 1.11. The lowest BCUT2D eigenvalue weighted by Crippen LogP contribution is -2.31. The molecule has 0 aliphatic carbocycles. The summed E-state index contributed by atoms with van der Waals surface area (Å²) in [6.07, 6.45) is 0. The molecule has 0 atom stereocenters. The van der Waals surface area contributed by atoms with Crippen LogP contribution in [0.4, 0.5) is 0 Å². The molecule has 0 aliphatic rings. The predicted molar refractivity (Wildman–Crippen MR) is 74.4 cm³/mol. The topological polar surface area (TPSA) is 42.5 Å². The van der Waals surface area contributed by atoms with Crippen molar-refractivity contribution in [2.24, 2.45) is 0 Å². The summed E-state index contributed by atoms with van der Waals surface area (Å²) in [6.45, 7) is 6.96. The SMILES string of the molecule is COc1cccc(CNCCNC(C)C)c1OC. The summed E-state index contributed by atoms with van der Waals surface area (Å²) in [5.74, 6) is 1.58. The van der Waals surface area contributed by atoms with E-state index in [4.69, 9.17) is 9.47 Å². The maximum absolute atomic E-state index is 5.38. The third-order valence-electron chi connectivity index (χ3n) is 2.65. The summed E-state index contributed by atoms with van der Waals surface area (Å²) in [4.78, 5) is 0. The first-order valence-corrected chi connectivity index (χ1v) is 6.33. The lowest BCUT2D eigenvalue weighted by atomic mass is 10.2. The third kappa shape index (κ3) is 4.55. The molecule has 4 nitrogen and oxygen atoms in total. The van der Waals surface area contributed by atoms with Crippen LogP contribution in [0.5, 0.6) is 11.5 Å². The second-order valence-corrected chi connectivity index (χ2v) is 4.44. The van der Waals surface area contributed by atoms with Gasteiger partial charge in [0, 0.05) is 31.2 Å². The zero-order valence-electron chi connectivity index (χ0n) is 11.7. The Morgan fingerprint density at radius 3 is 2.50 bits per heavy atom. The molecule has 0 spiro atoms. The summed E-state index contributed by atoms with van der Waals surface area (Å²) in [6, 6.07) is 6.45. The first-order chi connectivity index (χ1) is 8.69. The van der Waals surface area contributed by atoms with E-state index in [1.165, 1.54) is 0 Å². The van der Waals surface area contributed by atoms with Gasteiger partial charge in [-0.2, -0.15) is 0 Å². The van der Waals surface area contributed by atoms with Crippen molar-refractivity contribution in [3.8, 4) is 11.5 Å². The third-order valence-corrected chi connectivity index (χ3v) is 2.65. The fourth-order valence-corrected chi connectivity index (χ4v) is 1.77. The second kappa shape index (κ2) is 7.95. The molecule has 0 aliphatic heterocycles. The van der Waals surface area contributed by atoms with E-state index in [0.29, 0.717) is 6.04 Å². The van der Waals surface area contributed by atoms with Crippen LogP contribution in [0.3, 0.4) is 0 Å². The van der Waals surface area contributed by atoms with Gasteiger partial charge in [0.1, 0.15) is 0 Å². The van der Waals surface area contributed by atoms with Gasteiger partial charge in [-0.15, -0.1) is 0 Å². The van der Waals surface area contributed by atoms with Crippen LogP contribution >= 0.6 is 0 Å². The van der Waals surface area contributed by atoms with Crippen molar-refractivity contribution in [2.75, 3.05) is 27.3 Å². The molecule has 18 heavy (non-hydrogen) atoms. The second-order valence-electron chi connectivity index (χ2n) is 4.44. The standard InChI is InChI=1S/C14H24N2O2/c1-11(2)16-9-8-15-10-12-6-5-7-13(17-3)14(12)18-4/h5-7,11,15-16H,8-10H2,1-4H3. The van der Waals surface area contributed by atoms with Gasteiger partial charge < -0.3 is 20.1 Å². The number of hydrogen-bond acceptors (Lipinski definition) is 4. The Hall–Kier alpha value is -1.26. The molecule has 0 radical (unpaired) electrons. The summed E-state index contributed by atoms with van der Waals surface area (Å²) >= 11 is 0. The Balaban J connectivity index is 2.46. The fraction of sp³-hybridized carbons (Fsp3) is 0.571. The van der Waals surface area contributed by atoms with Gasteiger partial charge in [-0.1, -0.05) is 26.0 Å². The average molecular weight is 252 g/mol. The smallest absolute Gasteiger partial charge is 0.165 e. The van der Waals surface area contributed by atoms with Crippen LogP contribution in [0, 0.1) is 0 Å². The minimum Gasteiger partial charge on any atom is -0.493 e. The van der Waals surface area contributed by atoms with Gasteiger partial charge in [-0.05, 0) is 6.07 Å². The van der Waals surface area contributed by atoms with Crippen LogP contribution in [0.15, 0.2) is 18.2 Å². The van der Waals surface area contributed by atoms with E-state index in [9.17, 15) is 0 Å². The van der Waals surface area contributed by atoms with Gasteiger partial charge in [0.2, 0.25) is 0 Å². The van der Waals surface area contributed by atoms with E-state index < -0.39 is 0 Å². The van der Waals surface area contributed by atoms with E-state index >= 15 is 0 Å². The molecule has 2 N–H and O–H groups in total. The van der Waals surface area contributed by atoms with Crippen molar-refractivity contribution < 1.29 is 9.47 Å². The van der Waals surface area contributed by atoms with E-state index in [1.54, 1.807) is 14.2 Å². The molecule has 1 rings (SSSR count). The molecule has 0 amide bonds. The van der Waals surface area contributed by atoms with Crippen molar-refractivity contribution in [3.05, 3.63) is 23.8 Å². The minimum atomic E-state index is 0.526. The predicted octanol–water partition coefficient (Wildman–Crippen LogP) is 1.79. The molecule has 102 valence electrons. The molecule has 1 aromatic carbocycles. The van der Waals surface area contributed by atoms with Crippen molar-refractivity contribution >= 4 is 0 Å². The molecular formula is C14H24N2O2. The number of hydrogen-bond donors (Lipinski definition) is 2. The molecule has 4 heteroatoms. The Morgan fingerprint density at radius 2 is 1.89 bits per heavy atom. The molecule has 0 saturated heterocycles. The summed E-state index contributed by atoms with van der Waals surface area (Å²) in [7, 11) is 3.32. The van der Waals surface area contributed by atoms with E-state index in [2.05, 4.69) is 24.5 Å². The first-order valence-electron chi connectivity index (χ1n) is 6.33. The number of benzene rings is 1. The monoisotopic (exact) mass is 252 g/mol. The van der Waals surface area contributed by atoms with Gasteiger partial charge in [0.05, 0.1) is 14.2 Å². The van der Waals surface area contributed by atoms with Crippen LogP contribution in [0.25, 0.3) is 0 Å². The van der Waals surface area contributed by atoms with Gasteiger partial charge in [0.15, 0.2) is 11.5 Å². The van der Waals surface area contributed by atoms with Gasteiger partial charge in [-0.25, -0.2) is 0 Å². The van der Waals surface area contributed by atoms with E-state index in [-0.39, 0.29) is 0 Å². The molecule has 0 saturated carbocycles. The molecule has 0 unspecified atom stereocenters. The number of rotatable bonds is 8. The Kier molecular flexibility index (Phi) is 6.54. The maximum Gasteiger partial charge on any atom is 0.165 e. The molecule has 1 aromatic rings. The van der Waals surface area contributed by atoms with Gasteiger partial charge >= 0.3 is 0 Å². The first kappa shape index (κ1) is 14.8. The Labute approximate surface area is 110 Å². The average Bonchev–Trinajstić information content (AvgIpc) is 2.37. The van der Waals surface area contributed by atoms with Crippen LogP contribution in [0.1, 0.15) is 19.4 Å². The summed E-state index contributed by atoms with van der Waals surface area (Å²) < 4.78 is 10.7. The fourth-order valence-electron chi connectivity index (χ4n) is 1.77. The van der Waals surface area contributed by atoms with Crippen LogP contribution < -0.4 is 20.1 Å². The van der Waals surface area contributed by atoms with Gasteiger partial charge in [-0.3, -0.25) is 0 Å². The zero-order valence-corrected chi connectivity index (χ0v) is 11.7. The van der Waals surface area contributed by atoms with Crippen LogP contribution in [-0.4, -0.2) is 33.4 Å². The van der Waals surface area contributed by atoms with E-state index in [1.807, 2.05) is 18.2 Å². The largest absolute Gasteiger partial charge is 0.493 e. The lowest BCUT2D eigenvalue weighted by Gasteiger charge is -2.13. The number of para-hydroxylation sites is 1. The highest BCUT2D eigenvalue weighted by atomic mass is 16.5. The van der Waals surface area contributed by atoms with Crippen molar-refractivity contribution in [1.29, 1.82) is 0 Å². The molecule has 0 heterocycles. The molecule has 0 fully saturated rings. The normalized spacial score (nSPS) is 10.7. The number of ether oxygens (including phenoxy) is 2. The number of nitrogens with one attached hydrogen (secondary N) is 2.